The monoisotopic (exact) mass is 499 g/mol. The number of benzene rings is 1. The van der Waals surface area contributed by atoms with Crippen molar-refractivity contribution in [1.82, 2.24) is 19.5 Å². The second-order valence-corrected chi connectivity index (χ2v) is 9.32. The maximum Gasteiger partial charge on any atom is 0.469 e. The summed E-state index contributed by atoms with van der Waals surface area (Å²) in [5, 5.41) is 23.7. The molecule has 2 aromatic heterocycles. The molecule has 0 bridgehead atoms. The molecule has 1 aliphatic rings. The van der Waals surface area contributed by atoms with E-state index in [2.05, 4.69) is 24.8 Å². The van der Waals surface area contributed by atoms with Gasteiger partial charge in [-0.15, -0.1) is 11.8 Å². The van der Waals surface area contributed by atoms with Crippen LogP contribution in [0.1, 0.15) is 11.8 Å². The minimum atomic E-state index is -4.80. The van der Waals surface area contributed by atoms with Crippen LogP contribution >= 0.6 is 19.6 Å². The van der Waals surface area contributed by atoms with E-state index >= 15 is 0 Å². The van der Waals surface area contributed by atoms with Gasteiger partial charge in [0, 0.05) is 11.4 Å². The normalized spacial score (nSPS) is 23.3. The number of anilines is 1. The molecule has 3 heterocycles. The second kappa shape index (κ2) is 9.52. The third-order valence-corrected chi connectivity index (χ3v) is 6.41. The molecule has 0 amide bonds. The summed E-state index contributed by atoms with van der Waals surface area (Å²) >= 11 is 1.59. The van der Waals surface area contributed by atoms with E-state index in [4.69, 9.17) is 14.5 Å². The van der Waals surface area contributed by atoms with Gasteiger partial charge in [0.2, 0.25) is 5.95 Å². The lowest BCUT2D eigenvalue weighted by Crippen LogP contribution is -2.33. The van der Waals surface area contributed by atoms with Gasteiger partial charge in [0.1, 0.15) is 18.3 Å². The van der Waals surface area contributed by atoms with Crippen LogP contribution in [0.15, 0.2) is 40.3 Å². The highest BCUT2D eigenvalue weighted by Crippen LogP contribution is 2.38. The fraction of sp³-hybridized carbons (Fsp3) is 0.389. The van der Waals surface area contributed by atoms with Crippen molar-refractivity contribution in [3.05, 3.63) is 46.5 Å². The number of rotatable bonds is 8. The van der Waals surface area contributed by atoms with Crippen molar-refractivity contribution >= 4 is 36.7 Å². The van der Waals surface area contributed by atoms with E-state index in [0.29, 0.717) is 6.54 Å². The van der Waals surface area contributed by atoms with Gasteiger partial charge in [-0.05, 0) is 17.9 Å². The van der Waals surface area contributed by atoms with Gasteiger partial charge in [-0.3, -0.25) is 18.9 Å². The van der Waals surface area contributed by atoms with Crippen molar-refractivity contribution in [2.45, 2.75) is 36.0 Å². The standard InChI is InChI=1S/C18H22N5O8PS/c1-33-11-5-3-2-4-9(11)6-19-18-21-15-12(16(26)22-18)20-8-23(15)17-14(25)13(24)10(31-17)7-30-32(27,28)29/h2-5,8,10,13-14,17,24-25H,6-7H2,1H3,(H2,27,28,29)(H2,19,21,22,26)/t10-,13-,14-,17-/m1/s1. The minimum Gasteiger partial charge on any atom is -0.387 e. The van der Waals surface area contributed by atoms with Crippen LogP contribution in [0.25, 0.3) is 11.2 Å². The Hall–Kier alpha value is -2.29. The van der Waals surface area contributed by atoms with E-state index in [0.717, 1.165) is 10.5 Å². The van der Waals surface area contributed by atoms with Gasteiger partial charge in [0.25, 0.3) is 5.56 Å². The SMILES string of the molecule is CSc1ccccc1CNc1nc2c(ncn2[C@@H]2O[C@H](COP(=O)(O)O)[C@@H](O)[C@H]2O)c(=O)[nH]1. The predicted octanol–water partition coefficient (Wildman–Crippen LogP) is 0.182. The summed E-state index contributed by atoms with van der Waals surface area (Å²) in [5.41, 5.74) is 0.568. The molecule has 6 N–H and O–H groups in total. The lowest BCUT2D eigenvalue weighted by molar-refractivity contribution is -0.0503. The number of nitrogens with zero attached hydrogens (tertiary/aromatic N) is 3. The van der Waals surface area contributed by atoms with Crippen LogP contribution in [0.2, 0.25) is 0 Å². The molecule has 4 rings (SSSR count). The number of phosphoric ester groups is 1. The van der Waals surface area contributed by atoms with Crippen molar-refractivity contribution in [3.63, 3.8) is 0 Å². The van der Waals surface area contributed by atoms with Gasteiger partial charge in [-0.1, -0.05) is 18.2 Å². The first kappa shape index (κ1) is 23.9. The number of fused-ring (bicyclic) bond motifs is 1. The topological polar surface area (TPSA) is 192 Å². The first-order valence-corrected chi connectivity index (χ1v) is 12.5. The van der Waals surface area contributed by atoms with Gasteiger partial charge in [0.15, 0.2) is 17.4 Å². The summed E-state index contributed by atoms with van der Waals surface area (Å²) in [4.78, 5) is 42.3. The number of aromatic amines is 1. The number of aliphatic hydroxyl groups excluding tert-OH is 2. The first-order chi connectivity index (χ1) is 15.7. The number of aromatic nitrogens is 4. The number of H-pyrrole nitrogens is 1. The maximum absolute atomic E-state index is 12.5. The molecule has 13 nitrogen and oxygen atoms in total. The van der Waals surface area contributed by atoms with Gasteiger partial charge in [-0.2, -0.15) is 4.98 Å². The fourth-order valence-corrected chi connectivity index (χ4v) is 4.45. The van der Waals surface area contributed by atoms with Crippen LogP contribution in [-0.4, -0.2) is 70.7 Å². The Balaban J connectivity index is 1.58. The molecule has 33 heavy (non-hydrogen) atoms. The number of aliphatic hydroxyl groups is 2. The van der Waals surface area contributed by atoms with Crippen LogP contribution in [0.4, 0.5) is 5.95 Å². The van der Waals surface area contributed by atoms with Crippen LogP contribution in [-0.2, 0) is 20.4 Å². The number of hydrogen-bond acceptors (Lipinski definition) is 10. The first-order valence-electron chi connectivity index (χ1n) is 9.72. The van der Waals surface area contributed by atoms with Gasteiger partial charge in [-0.25, -0.2) is 9.55 Å². The summed E-state index contributed by atoms with van der Waals surface area (Å²) in [6.07, 6.45) is -2.23. The zero-order valence-electron chi connectivity index (χ0n) is 17.2. The molecule has 4 atom stereocenters. The Bertz CT molecular complexity index is 1250. The fourth-order valence-electron chi connectivity index (χ4n) is 3.49. The van der Waals surface area contributed by atoms with Crippen molar-refractivity contribution < 1.29 is 33.8 Å². The molecule has 0 unspecified atom stereocenters. The quantitative estimate of drug-likeness (QED) is 0.182. The largest absolute Gasteiger partial charge is 0.469 e. The van der Waals surface area contributed by atoms with E-state index in [1.54, 1.807) is 11.8 Å². The maximum atomic E-state index is 12.5. The average Bonchev–Trinajstić information content (AvgIpc) is 3.32. The van der Waals surface area contributed by atoms with E-state index in [9.17, 15) is 19.6 Å². The molecule has 15 heteroatoms. The number of nitrogens with one attached hydrogen (secondary N) is 2. The van der Waals surface area contributed by atoms with Crippen molar-refractivity contribution in [3.8, 4) is 0 Å². The molecule has 3 aromatic rings. The predicted molar refractivity (Wildman–Crippen MR) is 118 cm³/mol. The molecular formula is C18H22N5O8PS. The van der Waals surface area contributed by atoms with Crippen LogP contribution in [0.5, 0.6) is 0 Å². The van der Waals surface area contributed by atoms with Gasteiger partial charge < -0.3 is 30.1 Å². The molecular weight excluding hydrogens is 477 g/mol. The highest BCUT2D eigenvalue weighted by atomic mass is 32.2. The van der Waals surface area contributed by atoms with Gasteiger partial charge in [0.05, 0.1) is 12.9 Å². The summed E-state index contributed by atoms with van der Waals surface area (Å²) in [6.45, 7) is -0.260. The summed E-state index contributed by atoms with van der Waals surface area (Å²) in [6, 6.07) is 7.76. The van der Waals surface area contributed by atoms with E-state index < -0.39 is 44.5 Å². The Morgan fingerprint density at radius 2 is 2.06 bits per heavy atom. The average molecular weight is 499 g/mol. The molecule has 1 aromatic carbocycles. The third-order valence-electron chi connectivity index (χ3n) is 5.09. The lowest BCUT2D eigenvalue weighted by Gasteiger charge is -2.17. The minimum absolute atomic E-state index is 0.00901. The molecule has 0 aliphatic carbocycles. The lowest BCUT2D eigenvalue weighted by atomic mass is 10.1. The highest BCUT2D eigenvalue weighted by molar-refractivity contribution is 7.98. The van der Waals surface area contributed by atoms with E-state index in [-0.39, 0.29) is 17.1 Å². The molecule has 0 saturated carbocycles. The smallest absolute Gasteiger partial charge is 0.387 e. The van der Waals surface area contributed by atoms with Crippen LogP contribution in [0, 0.1) is 0 Å². The van der Waals surface area contributed by atoms with E-state index in [1.165, 1.54) is 10.9 Å². The molecule has 1 fully saturated rings. The second-order valence-electron chi connectivity index (χ2n) is 7.24. The van der Waals surface area contributed by atoms with E-state index in [1.807, 2.05) is 30.5 Å². The summed E-state index contributed by atoms with van der Waals surface area (Å²) in [5.74, 6) is 0.166. The Kier molecular flexibility index (Phi) is 6.88. The Morgan fingerprint density at radius 1 is 1.30 bits per heavy atom. The zero-order valence-corrected chi connectivity index (χ0v) is 18.9. The number of phosphoric acid groups is 1. The molecule has 1 aliphatic heterocycles. The van der Waals surface area contributed by atoms with Crippen LogP contribution < -0.4 is 10.9 Å². The number of thioether (sulfide) groups is 1. The van der Waals surface area contributed by atoms with Crippen LogP contribution in [0.3, 0.4) is 0 Å². The molecule has 178 valence electrons. The summed E-state index contributed by atoms with van der Waals surface area (Å²) in [7, 11) is -4.80. The molecule has 0 radical (unpaired) electrons. The zero-order chi connectivity index (χ0) is 23.8. The Morgan fingerprint density at radius 3 is 2.79 bits per heavy atom. The van der Waals surface area contributed by atoms with Gasteiger partial charge >= 0.3 is 7.82 Å². The molecule has 1 saturated heterocycles. The van der Waals surface area contributed by atoms with Crippen molar-refractivity contribution in [1.29, 1.82) is 0 Å². The van der Waals surface area contributed by atoms with Crippen molar-refractivity contribution in [2.24, 2.45) is 0 Å². The number of hydrogen-bond donors (Lipinski definition) is 6. The molecule has 0 spiro atoms. The highest BCUT2D eigenvalue weighted by Gasteiger charge is 2.45. The Labute approximate surface area is 191 Å². The third kappa shape index (κ3) is 5.13. The number of imidazole rings is 1. The summed E-state index contributed by atoms with van der Waals surface area (Å²) < 4.78 is 22.1. The number of ether oxygens (including phenoxy) is 1. The van der Waals surface area contributed by atoms with Crippen molar-refractivity contribution in [2.75, 3.05) is 18.2 Å².